The highest BCUT2D eigenvalue weighted by molar-refractivity contribution is 5.95. The molecule has 2 aliphatic rings. The van der Waals surface area contributed by atoms with Crippen molar-refractivity contribution in [3.8, 4) is 0 Å². The van der Waals surface area contributed by atoms with Gasteiger partial charge in [0.1, 0.15) is 0 Å². The molecule has 2 saturated heterocycles. The van der Waals surface area contributed by atoms with Crippen LogP contribution in [0.2, 0.25) is 0 Å². The van der Waals surface area contributed by atoms with Crippen LogP contribution >= 0.6 is 12.4 Å². The molecule has 4 rings (SSSR count). The smallest absolute Gasteiger partial charge is 0.251 e. The van der Waals surface area contributed by atoms with Crippen molar-refractivity contribution in [1.29, 1.82) is 0 Å². The van der Waals surface area contributed by atoms with Gasteiger partial charge in [0.2, 0.25) is 5.91 Å². The van der Waals surface area contributed by atoms with Gasteiger partial charge in [-0.15, -0.1) is 12.4 Å². The fraction of sp³-hybridized carbons (Fsp3) is 0.500. The van der Waals surface area contributed by atoms with Gasteiger partial charge in [-0.1, -0.05) is 18.2 Å². The Hall–Kier alpha value is -2.38. The summed E-state index contributed by atoms with van der Waals surface area (Å²) < 4.78 is 1.79. The lowest BCUT2D eigenvalue weighted by Gasteiger charge is -2.34. The van der Waals surface area contributed by atoms with E-state index in [0.29, 0.717) is 19.6 Å². The van der Waals surface area contributed by atoms with Gasteiger partial charge in [-0.05, 0) is 37.0 Å². The average Bonchev–Trinajstić information content (AvgIpc) is 3.37. The first-order valence-corrected chi connectivity index (χ1v) is 10.4. The Kier molecular flexibility index (Phi) is 7.15. The molecular formula is C22H30ClN5O2. The van der Waals surface area contributed by atoms with E-state index in [-0.39, 0.29) is 42.1 Å². The van der Waals surface area contributed by atoms with Crippen LogP contribution in [0, 0.1) is 12.8 Å². The first-order chi connectivity index (χ1) is 14.0. The summed E-state index contributed by atoms with van der Waals surface area (Å²) in [5.41, 5.74) is 2.83. The fourth-order valence-corrected chi connectivity index (χ4v) is 4.49. The van der Waals surface area contributed by atoms with E-state index in [0.717, 1.165) is 36.1 Å². The van der Waals surface area contributed by atoms with Crippen molar-refractivity contribution in [2.75, 3.05) is 26.2 Å². The van der Waals surface area contributed by atoms with Crippen molar-refractivity contribution >= 4 is 24.2 Å². The summed E-state index contributed by atoms with van der Waals surface area (Å²) in [5, 5.41) is 10.8. The zero-order valence-corrected chi connectivity index (χ0v) is 18.3. The molecule has 0 radical (unpaired) electrons. The fourth-order valence-electron chi connectivity index (χ4n) is 4.49. The van der Waals surface area contributed by atoms with Crippen LogP contribution in [-0.2, 0) is 11.8 Å². The molecule has 2 N–H and O–H groups in total. The van der Waals surface area contributed by atoms with Crippen LogP contribution in [0.5, 0.6) is 0 Å². The van der Waals surface area contributed by atoms with E-state index in [9.17, 15) is 9.59 Å². The van der Waals surface area contributed by atoms with Gasteiger partial charge in [-0.2, -0.15) is 5.10 Å². The molecule has 0 bridgehead atoms. The zero-order chi connectivity index (χ0) is 20.4. The normalized spacial score (nSPS) is 21.9. The minimum atomic E-state index is -0.0442. The monoisotopic (exact) mass is 431 g/mol. The number of carbonyl (C=O) groups excluding carboxylic acids is 2. The molecule has 30 heavy (non-hydrogen) atoms. The predicted molar refractivity (Wildman–Crippen MR) is 118 cm³/mol. The van der Waals surface area contributed by atoms with Crippen LogP contribution in [0.15, 0.2) is 36.7 Å². The second kappa shape index (κ2) is 9.62. The first kappa shape index (κ1) is 22.3. The summed E-state index contributed by atoms with van der Waals surface area (Å²) in [6.07, 6.45) is 5.46. The number of amides is 2. The molecule has 0 unspecified atom stereocenters. The average molecular weight is 432 g/mol. The standard InChI is InChI=1S/C22H29N5O2.ClH/c1-15-5-3-4-6-18(15)21(28)25-17-7-9-27(10-8-17)22(29)20-13-23-12-19(20)16-11-24-26(2)14-16;/h3-6,11,14,17,19-20,23H,7-10,12-13H2,1-2H3,(H,25,28);1H/t19-,20+;/m1./s1. The number of carbonyl (C=O) groups is 2. The minimum Gasteiger partial charge on any atom is -0.349 e. The maximum Gasteiger partial charge on any atom is 0.251 e. The number of nitrogens with zero attached hydrogens (tertiary/aromatic N) is 3. The molecule has 162 valence electrons. The van der Waals surface area contributed by atoms with Gasteiger partial charge in [-0.3, -0.25) is 14.3 Å². The third-order valence-electron chi connectivity index (χ3n) is 6.22. The Labute approximate surface area is 183 Å². The molecular weight excluding hydrogens is 402 g/mol. The minimum absolute atomic E-state index is 0. The van der Waals surface area contributed by atoms with E-state index in [2.05, 4.69) is 15.7 Å². The number of nitrogens with one attached hydrogen (secondary N) is 2. The number of hydrogen-bond donors (Lipinski definition) is 2. The summed E-state index contributed by atoms with van der Waals surface area (Å²) in [4.78, 5) is 27.7. The van der Waals surface area contributed by atoms with Crippen LogP contribution in [-0.4, -0.2) is 58.7 Å². The number of aromatic nitrogens is 2. The van der Waals surface area contributed by atoms with E-state index in [4.69, 9.17) is 0 Å². The molecule has 0 spiro atoms. The molecule has 8 heteroatoms. The molecule has 3 heterocycles. The van der Waals surface area contributed by atoms with Crippen molar-refractivity contribution in [1.82, 2.24) is 25.3 Å². The Balaban J connectivity index is 0.00000256. The van der Waals surface area contributed by atoms with Crippen molar-refractivity contribution in [2.45, 2.75) is 31.7 Å². The number of hydrogen-bond acceptors (Lipinski definition) is 4. The van der Waals surface area contributed by atoms with Gasteiger partial charge in [-0.25, -0.2) is 0 Å². The first-order valence-electron chi connectivity index (χ1n) is 10.4. The molecule has 2 fully saturated rings. The van der Waals surface area contributed by atoms with E-state index >= 15 is 0 Å². The zero-order valence-electron chi connectivity index (χ0n) is 17.5. The van der Waals surface area contributed by atoms with Gasteiger partial charge >= 0.3 is 0 Å². The van der Waals surface area contributed by atoms with Crippen LogP contribution in [0.1, 0.15) is 40.2 Å². The summed E-state index contributed by atoms with van der Waals surface area (Å²) >= 11 is 0. The number of piperidine rings is 1. The summed E-state index contributed by atoms with van der Waals surface area (Å²) in [6, 6.07) is 7.74. The van der Waals surface area contributed by atoms with Gasteiger partial charge < -0.3 is 15.5 Å². The topological polar surface area (TPSA) is 79.3 Å². The molecule has 1 aromatic carbocycles. The second-order valence-corrected chi connectivity index (χ2v) is 8.21. The molecule has 2 amide bonds. The lowest BCUT2D eigenvalue weighted by atomic mass is 9.89. The van der Waals surface area contributed by atoms with E-state index in [1.54, 1.807) is 4.68 Å². The highest BCUT2D eigenvalue weighted by Crippen LogP contribution is 2.30. The van der Waals surface area contributed by atoms with E-state index < -0.39 is 0 Å². The van der Waals surface area contributed by atoms with Gasteiger partial charge in [0.05, 0.1) is 12.1 Å². The number of likely N-dealkylation sites (tertiary alicyclic amines) is 1. The van der Waals surface area contributed by atoms with Crippen molar-refractivity contribution in [2.24, 2.45) is 13.0 Å². The van der Waals surface area contributed by atoms with Crippen LogP contribution in [0.25, 0.3) is 0 Å². The molecule has 2 aromatic rings. The van der Waals surface area contributed by atoms with E-state index in [1.807, 2.05) is 55.5 Å². The van der Waals surface area contributed by atoms with Crippen LogP contribution in [0.4, 0.5) is 0 Å². The van der Waals surface area contributed by atoms with Gasteiger partial charge in [0, 0.05) is 56.9 Å². The summed E-state index contributed by atoms with van der Waals surface area (Å²) in [7, 11) is 1.90. The third-order valence-corrected chi connectivity index (χ3v) is 6.22. The summed E-state index contributed by atoms with van der Waals surface area (Å²) in [6.45, 7) is 4.85. The molecule has 7 nitrogen and oxygen atoms in total. The lowest BCUT2D eigenvalue weighted by molar-refractivity contribution is -0.136. The Morgan fingerprint density at radius 1 is 1.17 bits per heavy atom. The number of halogens is 1. The Bertz CT molecular complexity index is 891. The second-order valence-electron chi connectivity index (χ2n) is 8.21. The van der Waals surface area contributed by atoms with Crippen LogP contribution < -0.4 is 10.6 Å². The molecule has 0 saturated carbocycles. The van der Waals surface area contributed by atoms with Gasteiger partial charge in [0.15, 0.2) is 0 Å². The highest BCUT2D eigenvalue weighted by Gasteiger charge is 2.38. The van der Waals surface area contributed by atoms with Crippen molar-refractivity contribution < 1.29 is 9.59 Å². The van der Waals surface area contributed by atoms with Crippen molar-refractivity contribution in [3.63, 3.8) is 0 Å². The van der Waals surface area contributed by atoms with Crippen LogP contribution in [0.3, 0.4) is 0 Å². The molecule has 0 aliphatic carbocycles. The SMILES string of the molecule is Cc1ccccc1C(=O)NC1CCN(C(=O)[C@H]2CNC[C@@H]2c2cnn(C)c2)CC1.Cl. The number of aryl methyl sites for hydroxylation is 2. The summed E-state index contributed by atoms with van der Waals surface area (Å²) in [5.74, 6) is 0.323. The highest BCUT2D eigenvalue weighted by atomic mass is 35.5. The maximum absolute atomic E-state index is 13.2. The predicted octanol–water partition coefficient (Wildman–Crippen LogP) is 1.87. The molecule has 2 atom stereocenters. The quantitative estimate of drug-likeness (QED) is 0.774. The maximum atomic E-state index is 13.2. The largest absolute Gasteiger partial charge is 0.349 e. The number of rotatable bonds is 4. The number of benzene rings is 1. The molecule has 1 aromatic heterocycles. The Morgan fingerprint density at radius 3 is 2.57 bits per heavy atom. The van der Waals surface area contributed by atoms with Crippen molar-refractivity contribution in [3.05, 3.63) is 53.3 Å². The third kappa shape index (κ3) is 4.68. The Morgan fingerprint density at radius 2 is 1.90 bits per heavy atom. The lowest BCUT2D eigenvalue weighted by Crippen LogP contribution is -2.48. The van der Waals surface area contributed by atoms with E-state index in [1.165, 1.54) is 0 Å². The molecule has 2 aliphatic heterocycles. The van der Waals surface area contributed by atoms with Gasteiger partial charge in [0.25, 0.3) is 5.91 Å².